The van der Waals surface area contributed by atoms with Crippen LogP contribution in [-0.4, -0.2) is 32.6 Å². The highest BCUT2D eigenvalue weighted by Crippen LogP contribution is 2.15. The van der Waals surface area contributed by atoms with Gasteiger partial charge < -0.3 is 15.6 Å². The summed E-state index contributed by atoms with van der Waals surface area (Å²) in [4.78, 5) is 18.9. The fourth-order valence-corrected chi connectivity index (χ4v) is 2.09. The summed E-state index contributed by atoms with van der Waals surface area (Å²) in [5.74, 6) is 0.459. The average Bonchev–Trinajstić information content (AvgIpc) is 3.00. The van der Waals surface area contributed by atoms with Crippen LogP contribution in [0.5, 0.6) is 0 Å². The monoisotopic (exact) mass is 266 g/mol. The molecule has 8 heteroatoms. The number of rotatable bonds is 5. The molecule has 2 aromatic heterocycles. The zero-order chi connectivity index (χ0) is 13.0. The van der Waals surface area contributed by atoms with Gasteiger partial charge in [0.2, 0.25) is 10.1 Å². The molecule has 2 heterocycles. The number of hydrogen-bond acceptors (Lipinski definition) is 6. The van der Waals surface area contributed by atoms with E-state index >= 15 is 0 Å². The van der Waals surface area contributed by atoms with E-state index in [1.54, 1.807) is 12.4 Å². The maximum Gasteiger partial charge on any atom is 0.282 e. The van der Waals surface area contributed by atoms with Crippen molar-refractivity contribution in [1.82, 2.24) is 25.5 Å². The summed E-state index contributed by atoms with van der Waals surface area (Å²) in [6, 6.07) is -0.195. The van der Waals surface area contributed by atoms with E-state index in [4.69, 9.17) is 0 Å². The molecular formula is C10H14N6OS. The maximum atomic E-state index is 11.9. The van der Waals surface area contributed by atoms with Gasteiger partial charge in [-0.1, -0.05) is 11.3 Å². The van der Waals surface area contributed by atoms with E-state index in [1.165, 1.54) is 11.3 Å². The third-order valence-corrected chi connectivity index (χ3v) is 3.10. The molecule has 0 aliphatic carbocycles. The van der Waals surface area contributed by atoms with Crippen molar-refractivity contribution < 1.29 is 4.79 Å². The van der Waals surface area contributed by atoms with Crippen LogP contribution in [0, 0.1) is 0 Å². The third kappa shape index (κ3) is 2.83. The summed E-state index contributed by atoms with van der Waals surface area (Å²) in [6.07, 6.45) is 3.36. The highest BCUT2D eigenvalue weighted by atomic mass is 32.1. The van der Waals surface area contributed by atoms with Crippen molar-refractivity contribution in [3.05, 3.63) is 23.2 Å². The molecular weight excluding hydrogens is 252 g/mol. The Kier molecular flexibility index (Phi) is 3.88. The van der Waals surface area contributed by atoms with Gasteiger partial charge in [0.1, 0.15) is 5.82 Å². The number of anilines is 1. The van der Waals surface area contributed by atoms with Crippen molar-refractivity contribution >= 4 is 22.4 Å². The molecule has 7 nitrogen and oxygen atoms in total. The molecule has 0 aliphatic heterocycles. The fourth-order valence-electron chi connectivity index (χ4n) is 1.38. The van der Waals surface area contributed by atoms with Crippen LogP contribution < -0.4 is 10.6 Å². The molecule has 0 saturated carbocycles. The Labute approximate surface area is 108 Å². The minimum absolute atomic E-state index is 0.195. The number of imidazole rings is 1. The Morgan fingerprint density at radius 2 is 2.39 bits per heavy atom. The van der Waals surface area contributed by atoms with E-state index in [-0.39, 0.29) is 11.9 Å². The smallest absolute Gasteiger partial charge is 0.282 e. The zero-order valence-electron chi connectivity index (χ0n) is 10.1. The van der Waals surface area contributed by atoms with Gasteiger partial charge in [-0.3, -0.25) is 4.79 Å². The van der Waals surface area contributed by atoms with Crippen LogP contribution in [0.4, 0.5) is 5.13 Å². The molecule has 0 radical (unpaired) electrons. The Balaban J connectivity index is 1.98. The van der Waals surface area contributed by atoms with Crippen LogP contribution >= 0.6 is 11.3 Å². The van der Waals surface area contributed by atoms with E-state index in [9.17, 15) is 4.79 Å². The number of hydrogen-bond donors (Lipinski definition) is 3. The Morgan fingerprint density at radius 3 is 3.06 bits per heavy atom. The number of carbonyl (C=O) groups is 1. The molecule has 96 valence electrons. The molecule has 1 amide bonds. The quantitative estimate of drug-likeness (QED) is 0.755. The van der Waals surface area contributed by atoms with E-state index in [1.807, 2.05) is 13.8 Å². The molecule has 2 aromatic rings. The largest absolute Gasteiger partial charge is 0.360 e. The minimum Gasteiger partial charge on any atom is -0.360 e. The molecule has 0 saturated heterocycles. The Bertz CT molecular complexity index is 508. The first-order chi connectivity index (χ1) is 8.70. The van der Waals surface area contributed by atoms with Gasteiger partial charge in [0.05, 0.1) is 6.04 Å². The molecule has 2 rings (SSSR count). The normalized spacial score (nSPS) is 12.1. The van der Waals surface area contributed by atoms with Gasteiger partial charge in [-0.05, 0) is 13.8 Å². The maximum absolute atomic E-state index is 11.9. The number of amides is 1. The number of H-pyrrole nitrogens is 1. The zero-order valence-corrected chi connectivity index (χ0v) is 10.9. The Hall–Kier alpha value is -1.96. The first kappa shape index (κ1) is 12.5. The SMILES string of the molecule is CCNc1nnc(C(=O)NC(C)c2ncc[nH]2)s1. The lowest BCUT2D eigenvalue weighted by Gasteiger charge is -2.09. The van der Waals surface area contributed by atoms with Crippen molar-refractivity contribution in [3.8, 4) is 0 Å². The standard InChI is InChI=1S/C10H14N6OS/c1-3-11-10-16-15-9(18-10)8(17)14-6(2)7-12-4-5-13-7/h4-6H,3H2,1-2H3,(H,11,16)(H,12,13)(H,14,17). The van der Waals surface area contributed by atoms with Crippen LogP contribution in [-0.2, 0) is 0 Å². The lowest BCUT2D eigenvalue weighted by atomic mass is 10.3. The molecule has 0 fully saturated rings. The van der Waals surface area contributed by atoms with Gasteiger partial charge in [-0.2, -0.15) is 0 Å². The second-order valence-corrected chi connectivity index (χ2v) is 4.59. The number of aromatic amines is 1. The average molecular weight is 266 g/mol. The van der Waals surface area contributed by atoms with E-state index in [2.05, 4.69) is 30.8 Å². The highest BCUT2D eigenvalue weighted by Gasteiger charge is 2.16. The second kappa shape index (κ2) is 5.58. The highest BCUT2D eigenvalue weighted by molar-refractivity contribution is 7.17. The third-order valence-electron chi connectivity index (χ3n) is 2.22. The molecule has 0 aliphatic rings. The van der Waals surface area contributed by atoms with E-state index in [0.29, 0.717) is 16.0 Å². The van der Waals surface area contributed by atoms with Gasteiger partial charge in [-0.15, -0.1) is 10.2 Å². The van der Waals surface area contributed by atoms with Gasteiger partial charge in [0.15, 0.2) is 0 Å². The summed E-state index contributed by atoms with van der Waals surface area (Å²) in [5, 5.41) is 14.5. The van der Waals surface area contributed by atoms with Crippen molar-refractivity contribution in [2.45, 2.75) is 19.9 Å². The van der Waals surface area contributed by atoms with Gasteiger partial charge in [0.25, 0.3) is 5.91 Å². The fraction of sp³-hybridized carbons (Fsp3) is 0.400. The summed E-state index contributed by atoms with van der Waals surface area (Å²) in [7, 11) is 0. The number of nitrogens with zero attached hydrogens (tertiary/aromatic N) is 3. The summed E-state index contributed by atoms with van der Waals surface area (Å²) >= 11 is 1.23. The molecule has 0 aromatic carbocycles. The molecule has 0 bridgehead atoms. The molecule has 1 unspecified atom stereocenters. The van der Waals surface area contributed by atoms with Crippen molar-refractivity contribution in [2.75, 3.05) is 11.9 Å². The van der Waals surface area contributed by atoms with Crippen LogP contribution in [0.3, 0.4) is 0 Å². The van der Waals surface area contributed by atoms with Crippen molar-refractivity contribution in [3.63, 3.8) is 0 Å². The number of nitrogens with one attached hydrogen (secondary N) is 3. The molecule has 3 N–H and O–H groups in total. The van der Waals surface area contributed by atoms with Crippen LogP contribution in [0.2, 0.25) is 0 Å². The topological polar surface area (TPSA) is 95.6 Å². The number of carbonyl (C=O) groups excluding carboxylic acids is 1. The van der Waals surface area contributed by atoms with Gasteiger partial charge >= 0.3 is 0 Å². The van der Waals surface area contributed by atoms with Crippen LogP contribution in [0.15, 0.2) is 12.4 Å². The summed E-state index contributed by atoms with van der Waals surface area (Å²) in [6.45, 7) is 4.56. The van der Waals surface area contributed by atoms with E-state index < -0.39 is 0 Å². The van der Waals surface area contributed by atoms with E-state index in [0.717, 1.165) is 6.54 Å². The predicted molar refractivity (Wildman–Crippen MR) is 68.5 cm³/mol. The molecule has 18 heavy (non-hydrogen) atoms. The minimum atomic E-state index is -0.249. The van der Waals surface area contributed by atoms with Gasteiger partial charge in [0, 0.05) is 18.9 Å². The first-order valence-electron chi connectivity index (χ1n) is 5.58. The van der Waals surface area contributed by atoms with Crippen molar-refractivity contribution in [1.29, 1.82) is 0 Å². The van der Waals surface area contributed by atoms with Crippen molar-refractivity contribution in [2.24, 2.45) is 0 Å². The Morgan fingerprint density at radius 1 is 1.56 bits per heavy atom. The predicted octanol–water partition coefficient (Wildman–Crippen LogP) is 1.18. The first-order valence-corrected chi connectivity index (χ1v) is 6.40. The molecule has 0 spiro atoms. The summed E-state index contributed by atoms with van der Waals surface area (Å²) in [5.41, 5.74) is 0. The number of aromatic nitrogens is 4. The summed E-state index contributed by atoms with van der Waals surface area (Å²) < 4.78 is 0. The second-order valence-electron chi connectivity index (χ2n) is 3.61. The molecule has 1 atom stereocenters. The van der Waals surface area contributed by atoms with Crippen LogP contribution in [0.1, 0.15) is 35.5 Å². The lowest BCUT2D eigenvalue weighted by Crippen LogP contribution is -2.27. The van der Waals surface area contributed by atoms with Crippen LogP contribution in [0.25, 0.3) is 0 Å². The lowest BCUT2D eigenvalue weighted by molar-refractivity contribution is 0.0937. The van der Waals surface area contributed by atoms with Gasteiger partial charge in [-0.25, -0.2) is 4.98 Å².